The molecule has 0 aliphatic rings. The molecule has 2 aromatic rings. The Balaban J connectivity index is 2.27. The van der Waals surface area contributed by atoms with E-state index in [9.17, 15) is 9.59 Å². The zero-order chi connectivity index (χ0) is 19.5. The van der Waals surface area contributed by atoms with Crippen LogP contribution in [0.4, 0.5) is 5.69 Å². The first-order chi connectivity index (χ1) is 12.1. The first-order valence-corrected chi connectivity index (χ1v) is 8.78. The molecule has 2 N–H and O–H groups in total. The molecule has 138 valence electrons. The van der Waals surface area contributed by atoms with Crippen molar-refractivity contribution in [2.24, 2.45) is 0 Å². The van der Waals surface area contributed by atoms with Gasteiger partial charge in [0.1, 0.15) is 5.69 Å². The third-order valence-electron chi connectivity index (χ3n) is 3.91. The normalized spacial score (nSPS) is 11.3. The van der Waals surface area contributed by atoms with Gasteiger partial charge in [-0.3, -0.25) is 14.6 Å². The molecule has 0 saturated carbocycles. The number of hydrogen-bond donors (Lipinski definition) is 2. The van der Waals surface area contributed by atoms with Crippen LogP contribution in [0.25, 0.3) is 0 Å². The van der Waals surface area contributed by atoms with Gasteiger partial charge in [-0.25, -0.2) is 0 Å². The fraction of sp³-hybridized carbons (Fsp3) is 0.381. The fourth-order valence-electron chi connectivity index (χ4n) is 2.63. The van der Waals surface area contributed by atoms with E-state index >= 15 is 0 Å². The maximum atomic E-state index is 12.7. The molecule has 1 aromatic heterocycles. The molecule has 2 amide bonds. The number of carbonyl (C=O) groups is 2. The van der Waals surface area contributed by atoms with Gasteiger partial charge in [-0.2, -0.15) is 0 Å². The summed E-state index contributed by atoms with van der Waals surface area (Å²) >= 11 is 0. The summed E-state index contributed by atoms with van der Waals surface area (Å²) in [5, 5.41) is 5.84. The minimum Gasteiger partial charge on any atom is -0.346 e. The summed E-state index contributed by atoms with van der Waals surface area (Å²) in [6.45, 7) is 11.8. The molecule has 0 bridgehead atoms. The summed E-state index contributed by atoms with van der Waals surface area (Å²) < 4.78 is 0. The second-order valence-electron chi connectivity index (χ2n) is 7.78. The van der Waals surface area contributed by atoms with Gasteiger partial charge in [0, 0.05) is 23.0 Å². The van der Waals surface area contributed by atoms with Crippen molar-refractivity contribution in [3.8, 4) is 0 Å². The van der Waals surface area contributed by atoms with E-state index in [2.05, 4.69) is 29.5 Å². The number of pyridine rings is 1. The van der Waals surface area contributed by atoms with Crippen LogP contribution in [0.2, 0.25) is 0 Å². The van der Waals surface area contributed by atoms with Crippen LogP contribution >= 0.6 is 0 Å². The average Bonchev–Trinajstić information content (AvgIpc) is 2.55. The molecule has 0 aliphatic heterocycles. The van der Waals surface area contributed by atoms with E-state index in [1.165, 1.54) is 12.3 Å². The Kier molecular flexibility index (Phi) is 5.80. The molecule has 0 fully saturated rings. The van der Waals surface area contributed by atoms with Crippen LogP contribution < -0.4 is 10.6 Å². The Bertz CT molecular complexity index is 820. The largest absolute Gasteiger partial charge is 0.346 e. The number of hydrogen-bond acceptors (Lipinski definition) is 3. The molecule has 26 heavy (non-hydrogen) atoms. The highest BCUT2D eigenvalue weighted by Crippen LogP contribution is 2.27. The minimum absolute atomic E-state index is 0.224. The highest BCUT2D eigenvalue weighted by atomic mass is 16.2. The number of para-hydroxylation sites is 1. The van der Waals surface area contributed by atoms with E-state index in [1.54, 1.807) is 6.07 Å². The quantitative estimate of drug-likeness (QED) is 0.861. The number of amides is 2. The lowest BCUT2D eigenvalue weighted by Crippen LogP contribution is -2.41. The third-order valence-corrected chi connectivity index (χ3v) is 3.91. The predicted molar refractivity (Wildman–Crippen MR) is 105 cm³/mol. The van der Waals surface area contributed by atoms with E-state index in [0.29, 0.717) is 5.56 Å². The summed E-state index contributed by atoms with van der Waals surface area (Å²) in [4.78, 5) is 29.1. The van der Waals surface area contributed by atoms with Crippen LogP contribution in [0.15, 0.2) is 36.5 Å². The first kappa shape index (κ1) is 19.6. The van der Waals surface area contributed by atoms with Gasteiger partial charge in [0.2, 0.25) is 0 Å². The maximum Gasteiger partial charge on any atom is 0.270 e. The highest BCUT2D eigenvalue weighted by Gasteiger charge is 2.18. The number of rotatable bonds is 4. The molecule has 0 spiro atoms. The standard InChI is InChI=1S/C21H27N3O2/c1-13(2)16-9-7-8-14(3)18(16)23-19(25)15-10-11-22-17(12-15)20(26)24-21(4,5)6/h7-13H,1-6H3,(H,23,25)(H,24,26). The lowest BCUT2D eigenvalue weighted by molar-refractivity contribution is 0.0914. The molecule has 1 aromatic carbocycles. The number of anilines is 1. The molecule has 0 unspecified atom stereocenters. The van der Waals surface area contributed by atoms with E-state index in [4.69, 9.17) is 0 Å². The summed E-state index contributed by atoms with van der Waals surface area (Å²) in [6.07, 6.45) is 1.48. The van der Waals surface area contributed by atoms with E-state index < -0.39 is 0 Å². The summed E-state index contributed by atoms with van der Waals surface area (Å²) in [6, 6.07) is 9.10. The van der Waals surface area contributed by atoms with Crippen molar-refractivity contribution >= 4 is 17.5 Å². The molecule has 5 nitrogen and oxygen atoms in total. The molecule has 0 saturated heterocycles. The van der Waals surface area contributed by atoms with E-state index in [-0.39, 0.29) is 29.0 Å². The summed E-state index contributed by atoms with van der Waals surface area (Å²) in [5.74, 6) is -0.268. The number of nitrogens with zero attached hydrogens (tertiary/aromatic N) is 1. The summed E-state index contributed by atoms with van der Waals surface area (Å²) in [7, 11) is 0. The van der Waals surface area contributed by atoms with Crippen LogP contribution in [0, 0.1) is 6.92 Å². The van der Waals surface area contributed by atoms with Crippen molar-refractivity contribution < 1.29 is 9.59 Å². The molecule has 1 heterocycles. The monoisotopic (exact) mass is 353 g/mol. The Morgan fingerprint density at radius 2 is 1.77 bits per heavy atom. The summed E-state index contributed by atoms with van der Waals surface area (Å²) in [5.41, 5.74) is 3.16. The Hall–Kier alpha value is -2.69. The van der Waals surface area contributed by atoms with Gasteiger partial charge in [0.05, 0.1) is 0 Å². The zero-order valence-electron chi connectivity index (χ0n) is 16.3. The first-order valence-electron chi connectivity index (χ1n) is 8.78. The molecule has 0 atom stereocenters. The molecule has 0 radical (unpaired) electrons. The molecule has 2 rings (SSSR count). The fourth-order valence-corrected chi connectivity index (χ4v) is 2.63. The van der Waals surface area contributed by atoms with Gasteiger partial charge < -0.3 is 10.6 Å². The maximum absolute atomic E-state index is 12.7. The number of carbonyl (C=O) groups excluding carboxylic acids is 2. The van der Waals surface area contributed by atoms with Crippen molar-refractivity contribution in [2.75, 3.05) is 5.32 Å². The number of nitrogens with one attached hydrogen (secondary N) is 2. The van der Waals surface area contributed by atoms with Gasteiger partial charge in [-0.15, -0.1) is 0 Å². The van der Waals surface area contributed by atoms with Crippen molar-refractivity contribution in [1.82, 2.24) is 10.3 Å². The van der Waals surface area contributed by atoms with E-state index in [0.717, 1.165) is 16.8 Å². The van der Waals surface area contributed by atoms with Gasteiger partial charge in [0.25, 0.3) is 11.8 Å². The van der Waals surface area contributed by atoms with Crippen LogP contribution in [0.5, 0.6) is 0 Å². The average molecular weight is 353 g/mol. The SMILES string of the molecule is Cc1cccc(C(C)C)c1NC(=O)c1ccnc(C(=O)NC(C)(C)C)c1. The second kappa shape index (κ2) is 7.68. The van der Waals surface area contributed by atoms with E-state index in [1.807, 2.05) is 45.9 Å². The van der Waals surface area contributed by atoms with Crippen molar-refractivity contribution in [2.45, 2.75) is 53.0 Å². The Morgan fingerprint density at radius 1 is 1.08 bits per heavy atom. The molecular formula is C21H27N3O2. The van der Waals surface area contributed by atoms with Crippen LogP contribution in [0.3, 0.4) is 0 Å². The van der Waals surface area contributed by atoms with Crippen molar-refractivity contribution in [1.29, 1.82) is 0 Å². The molecule has 5 heteroatoms. The van der Waals surface area contributed by atoms with Crippen molar-refractivity contribution in [3.63, 3.8) is 0 Å². The Morgan fingerprint density at radius 3 is 2.38 bits per heavy atom. The second-order valence-corrected chi connectivity index (χ2v) is 7.78. The zero-order valence-corrected chi connectivity index (χ0v) is 16.3. The van der Waals surface area contributed by atoms with Gasteiger partial charge in [-0.1, -0.05) is 32.0 Å². The number of aromatic nitrogens is 1. The topological polar surface area (TPSA) is 71.1 Å². The van der Waals surface area contributed by atoms with Crippen LogP contribution in [-0.2, 0) is 0 Å². The van der Waals surface area contributed by atoms with Crippen LogP contribution in [0.1, 0.15) is 72.5 Å². The lowest BCUT2D eigenvalue weighted by Gasteiger charge is -2.20. The predicted octanol–water partition coefficient (Wildman–Crippen LogP) is 4.29. The number of aryl methyl sites for hydroxylation is 1. The highest BCUT2D eigenvalue weighted by molar-refractivity contribution is 6.06. The minimum atomic E-state index is -0.371. The molecular weight excluding hydrogens is 326 g/mol. The third kappa shape index (κ3) is 4.91. The van der Waals surface area contributed by atoms with Crippen molar-refractivity contribution in [3.05, 3.63) is 58.9 Å². The smallest absolute Gasteiger partial charge is 0.270 e. The van der Waals surface area contributed by atoms with Gasteiger partial charge in [-0.05, 0) is 56.9 Å². The van der Waals surface area contributed by atoms with Gasteiger partial charge >= 0.3 is 0 Å². The van der Waals surface area contributed by atoms with Gasteiger partial charge in [0.15, 0.2) is 0 Å². The Labute approximate surface area is 155 Å². The lowest BCUT2D eigenvalue weighted by atomic mass is 9.98. The number of benzene rings is 1. The van der Waals surface area contributed by atoms with Crippen LogP contribution in [-0.4, -0.2) is 22.3 Å². The molecule has 0 aliphatic carbocycles.